The van der Waals surface area contributed by atoms with Crippen LogP contribution in [0.4, 0.5) is 0 Å². The summed E-state index contributed by atoms with van der Waals surface area (Å²) in [7, 11) is 0. The first-order chi connectivity index (χ1) is 13.9. The number of furan rings is 1. The van der Waals surface area contributed by atoms with E-state index >= 15 is 0 Å². The number of pyridine rings is 2. The van der Waals surface area contributed by atoms with Crippen molar-refractivity contribution in [2.75, 3.05) is 0 Å². The lowest BCUT2D eigenvalue weighted by molar-refractivity contribution is 0.638. The summed E-state index contributed by atoms with van der Waals surface area (Å²) in [5, 5.41) is 1.82. The molecule has 4 aromatic rings. The van der Waals surface area contributed by atoms with Crippen molar-refractivity contribution in [3.8, 4) is 11.3 Å². The van der Waals surface area contributed by atoms with Crippen molar-refractivity contribution < 1.29 is 8.53 Å². The van der Waals surface area contributed by atoms with Gasteiger partial charge in [0.1, 0.15) is 5.58 Å². The van der Waals surface area contributed by atoms with Crippen LogP contribution in [0.2, 0.25) is 0 Å². The van der Waals surface area contributed by atoms with E-state index < -0.39 is 12.3 Å². The van der Waals surface area contributed by atoms with Gasteiger partial charge in [0.15, 0.2) is 0 Å². The van der Waals surface area contributed by atoms with Crippen molar-refractivity contribution >= 4 is 22.1 Å². The highest BCUT2D eigenvalue weighted by atomic mass is 16.3. The molecule has 1 fully saturated rings. The fraction of sp³-hybridized carbons (Fsp3) is 0.304. The van der Waals surface area contributed by atoms with Crippen molar-refractivity contribution in [2.24, 2.45) is 0 Å². The van der Waals surface area contributed by atoms with Gasteiger partial charge >= 0.3 is 0 Å². The molecule has 130 valence electrons. The summed E-state index contributed by atoms with van der Waals surface area (Å²) in [5.41, 5.74) is 4.54. The van der Waals surface area contributed by atoms with Crippen molar-refractivity contribution in [1.82, 2.24) is 9.97 Å². The Kier molecular flexibility index (Phi) is 3.03. The predicted octanol–water partition coefficient (Wildman–Crippen LogP) is 6.26. The molecule has 0 amide bonds. The third kappa shape index (κ3) is 2.50. The first-order valence-corrected chi connectivity index (χ1v) is 9.21. The van der Waals surface area contributed by atoms with Gasteiger partial charge in [-0.05, 0) is 49.0 Å². The molecule has 0 radical (unpaired) electrons. The normalized spacial score (nSPS) is 23.8. The van der Waals surface area contributed by atoms with Gasteiger partial charge in [-0.15, -0.1) is 0 Å². The quantitative estimate of drug-likeness (QED) is 0.440. The maximum absolute atomic E-state index is 8.76. The number of aryl methyl sites for hydroxylation is 1. The number of hydrogen-bond acceptors (Lipinski definition) is 3. The molecular formula is C23H22N2O. The molecule has 1 atom stereocenters. The molecule has 1 aliphatic carbocycles. The molecule has 26 heavy (non-hydrogen) atoms. The van der Waals surface area contributed by atoms with Gasteiger partial charge in [0.25, 0.3) is 0 Å². The van der Waals surface area contributed by atoms with Crippen LogP contribution in [0, 0.1) is 0 Å². The fourth-order valence-corrected chi connectivity index (χ4v) is 3.65. The molecule has 3 heteroatoms. The number of benzene rings is 1. The van der Waals surface area contributed by atoms with Crippen LogP contribution in [0.3, 0.4) is 0 Å². The molecule has 3 aromatic heterocycles. The van der Waals surface area contributed by atoms with Gasteiger partial charge in [0.2, 0.25) is 5.71 Å². The highest BCUT2D eigenvalue weighted by molar-refractivity contribution is 6.08. The van der Waals surface area contributed by atoms with Crippen molar-refractivity contribution in [3.63, 3.8) is 0 Å². The number of fused-ring (bicyclic) bond motifs is 3. The number of para-hydroxylation sites is 1. The average molecular weight is 345 g/mol. The van der Waals surface area contributed by atoms with Crippen LogP contribution < -0.4 is 0 Å². The minimum absolute atomic E-state index is 0.389. The molecule has 1 aliphatic rings. The van der Waals surface area contributed by atoms with E-state index in [2.05, 4.69) is 23.0 Å². The Hall–Kier alpha value is -2.68. The Balaban J connectivity index is 1.67. The maximum atomic E-state index is 8.76. The highest BCUT2D eigenvalue weighted by Crippen LogP contribution is 2.37. The Morgan fingerprint density at radius 2 is 2.12 bits per heavy atom. The largest absolute Gasteiger partial charge is 0.437 e. The van der Waals surface area contributed by atoms with Gasteiger partial charge in [0, 0.05) is 38.2 Å². The van der Waals surface area contributed by atoms with Crippen LogP contribution in [0.1, 0.15) is 53.8 Å². The molecule has 0 aliphatic heterocycles. The van der Waals surface area contributed by atoms with E-state index in [4.69, 9.17) is 8.53 Å². The molecule has 1 aromatic carbocycles. The van der Waals surface area contributed by atoms with Crippen molar-refractivity contribution in [1.29, 1.82) is 0 Å². The number of rotatable bonds is 3. The van der Waals surface area contributed by atoms with Crippen LogP contribution in [0.25, 0.3) is 33.3 Å². The van der Waals surface area contributed by atoms with E-state index in [9.17, 15) is 0 Å². The SMILES string of the molecule is [2H]C1([2H])CCCC1([2H])c1ccc2c(n1)oc1c(-c3ccc(CC)cn3)cccc12. The van der Waals surface area contributed by atoms with Gasteiger partial charge in [-0.3, -0.25) is 4.98 Å². The third-order valence-corrected chi connectivity index (χ3v) is 5.12. The Morgan fingerprint density at radius 1 is 1.15 bits per heavy atom. The zero-order chi connectivity index (χ0) is 20.2. The number of aromatic nitrogens is 2. The smallest absolute Gasteiger partial charge is 0.227 e. The lowest BCUT2D eigenvalue weighted by Crippen LogP contribution is -1.95. The second kappa shape index (κ2) is 6.24. The van der Waals surface area contributed by atoms with Crippen LogP contribution in [-0.2, 0) is 6.42 Å². The lowest BCUT2D eigenvalue weighted by atomic mass is 10.0. The van der Waals surface area contributed by atoms with Gasteiger partial charge in [0.05, 0.1) is 5.69 Å². The lowest BCUT2D eigenvalue weighted by Gasteiger charge is -2.06. The van der Waals surface area contributed by atoms with Gasteiger partial charge in [-0.2, -0.15) is 0 Å². The molecule has 1 unspecified atom stereocenters. The van der Waals surface area contributed by atoms with Crippen molar-refractivity contribution in [3.05, 3.63) is 59.9 Å². The Labute approximate surface area is 157 Å². The topological polar surface area (TPSA) is 38.9 Å². The van der Waals surface area contributed by atoms with E-state index in [0.717, 1.165) is 34.0 Å². The fourth-order valence-electron chi connectivity index (χ4n) is 3.65. The second-order valence-electron chi connectivity index (χ2n) is 6.75. The van der Waals surface area contributed by atoms with E-state index in [1.165, 1.54) is 5.56 Å². The summed E-state index contributed by atoms with van der Waals surface area (Å²) in [5.74, 6) is -1.33. The third-order valence-electron chi connectivity index (χ3n) is 5.12. The van der Waals surface area contributed by atoms with Gasteiger partial charge in [-0.1, -0.05) is 38.0 Å². The molecule has 0 N–H and O–H groups in total. The van der Waals surface area contributed by atoms with Gasteiger partial charge < -0.3 is 4.42 Å². The van der Waals surface area contributed by atoms with E-state index in [1.807, 2.05) is 36.5 Å². The molecule has 3 heterocycles. The van der Waals surface area contributed by atoms with Gasteiger partial charge in [-0.25, -0.2) is 4.98 Å². The summed E-state index contributed by atoms with van der Waals surface area (Å²) in [6.07, 6.45) is 2.80. The molecule has 0 spiro atoms. The summed E-state index contributed by atoms with van der Waals surface area (Å²) >= 11 is 0. The van der Waals surface area contributed by atoms with Crippen LogP contribution >= 0.6 is 0 Å². The summed E-state index contributed by atoms with van der Waals surface area (Å²) in [6.45, 7) is 2.10. The average Bonchev–Trinajstić information content (AvgIpc) is 3.24. The standard InChI is InChI=1S/C23H22N2O/c1-2-15-10-12-21(24-14-15)19-9-5-8-17-18-11-13-20(16-6-3-4-7-16)25-23(18)26-22(17)19/h5,8-14,16H,2-4,6-7H2,1H3/i6D2,16D. The highest BCUT2D eigenvalue weighted by Gasteiger charge is 2.20. The van der Waals surface area contributed by atoms with E-state index in [-0.39, 0.29) is 0 Å². The molecule has 3 nitrogen and oxygen atoms in total. The Morgan fingerprint density at radius 3 is 2.88 bits per heavy atom. The first kappa shape index (κ1) is 12.6. The van der Waals surface area contributed by atoms with E-state index in [0.29, 0.717) is 30.7 Å². The molecule has 0 bridgehead atoms. The summed E-state index contributed by atoms with van der Waals surface area (Å²) in [6, 6.07) is 13.7. The molecule has 0 saturated heterocycles. The van der Waals surface area contributed by atoms with E-state index in [1.54, 1.807) is 6.07 Å². The van der Waals surface area contributed by atoms with Crippen LogP contribution in [0.15, 0.2) is 53.1 Å². The number of nitrogens with zero attached hydrogens (tertiary/aromatic N) is 2. The molecule has 1 saturated carbocycles. The minimum atomic E-state index is -1.59. The summed E-state index contributed by atoms with van der Waals surface area (Å²) < 4.78 is 31.5. The molecular weight excluding hydrogens is 320 g/mol. The monoisotopic (exact) mass is 345 g/mol. The zero-order valence-electron chi connectivity index (χ0n) is 17.7. The zero-order valence-corrected chi connectivity index (χ0v) is 14.7. The number of hydrogen-bond donors (Lipinski definition) is 0. The maximum Gasteiger partial charge on any atom is 0.227 e. The first-order valence-electron chi connectivity index (χ1n) is 10.7. The van der Waals surface area contributed by atoms with Crippen LogP contribution in [-0.4, -0.2) is 9.97 Å². The minimum Gasteiger partial charge on any atom is -0.437 e. The summed E-state index contributed by atoms with van der Waals surface area (Å²) in [4.78, 5) is 9.20. The van der Waals surface area contributed by atoms with Crippen molar-refractivity contribution in [2.45, 2.75) is 44.9 Å². The Bertz CT molecular complexity index is 1220. The molecule has 5 rings (SSSR count). The second-order valence-corrected chi connectivity index (χ2v) is 6.75. The van der Waals surface area contributed by atoms with Crippen LogP contribution in [0.5, 0.6) is 0 Å². The predicted molar refractivity (Wildman–Crippen MR) is 105 cm³/mol.